The maximum atomic E-state index is 9.04. The van der Waals surface area contributed by atoms with E-state index >= 15 is 0 Å². The van der Waals surface area contributed by atoms with Crippen molar-refractivity contribution in [3.05, 3.63) is 53.6 Å². The molecular weight excluding hydrogens is 296 g/mol. The summed E-state index contributed by atoms with van der Waals surface area (Å²) in [6.45, 7) is 3.77. The Morgan fingerprint density at radius 2 is 2.05 bits per heavy atom. The summed E-state index contributed by atoms with van der Waals surface area (Å²) in [5, 5.41) is 15.6. The smallest absolute Gasteiger partial charge is 0.195 e. The molecule has 1 aliphatic rings. The van der Waals surface area contributed by atoms with Gasteiger partial charge in [0.2, 0.25) is 0 Å². The highest BCUT2D eigenvalue weighted by molar-refractivity contribution is 5.96. The first-order valence-electron chi connectivity index (χ1n) is 6.93. The second-order valence-corrected chi connectivity index (χ2v) is 4.95. The minimum atomic E-state index is 0. The van der Waals surface area contributed by atoms with Gasteiger partial charge in [-0.05, 0) is 41.8 Å². The third-order valence-electron chi connectivity index (χ3n) is 3.56. The first-order chi connectivity index (χ1) is 10.3. The van der Waals surface area contributed by atoms with E-state index in [0.717, 1.165) is 41.4 Å². The molecule has 0 saturated heterocycles. The lowest BCUT2D eigenvalue weighted by Gasteiger charge is -2.13. The SMILES string of the molecule is Cc1c(NC2=NCCN2)cccc1-c1cccc(C#N)c1.Cl. The van der Waals surface area contributed by atoms with Crippen molar-refractivity contribution in [3.63, 3.8) is 0 Å². The largest absolute Gasteiger partial charge is 0.354 e. The molecule has 0 fully saturated rings. The molecule has 0 aromatic heterocycles. The Labute approximate surface area is 136 Å². The summed E-state index contributed by atoms with van der Waals surface area (Å²) in [6.07, 6.45) is 0. The van der Waals surface area contributed by atoms with Crippen molar-refractivity contribution in [1.29, 1.82) is 5.26 Å². The second kappa shape index (κ2) is 6.97. The van der Waals surface area contributed by atoms with Gasteiger partial charge in [-0.25, -0.2) is 0 Å². The highest BCUT2D eigenvalue weighted by Crippen LogP contribution is 2.29. The van der Waals surface area contributed by atoms with Crippen LogP contribution < -0.4 is 10.6 Å². The van der Waals surface area contributed by atoms with Crippen LogP contribution in [0.4, 0.5) is 5.69 Å². The van der Waals surface area contributed by atoms with E-state index in [1.54, 1.807) is 0 Å². The summed E-state index contributed by atoms with van der Waals surface area (Å²) in [5.41, 5.74) is 5.02. The second-order valence-electron chi connectivity index (χ2n) is 4.95. The van der Waals surface area contributed by atoms with Gasteiger partial charge in [-0.1, -0.05) is 24.3 Å². The van der Waals surface area contributed by atoms with Crippen LogP contribution in [0.2, 0.25) is 0 Å². The molecule has 5 heteroatoms. The molecule has 112 valence electrons. The summed E-state index contributed by atoms with van der Waals surface area (Å²) in [7, 11) is 0. The van der Waals surface area contributed by atoms with Gasteiger partial charge in [-0.2, -0.15) is 5.26 Å². The van der Waals surface area contributed by atoms with E-state index in [4.69, 9.17) is 5.26 Å². The molecule has 4 nitrogen and oxygen atoms in total. The van der Waals surface area contributed by atoms with Crippen molar-refractivity contribution >= 4 is 24.1 Å². The fourth-order valence-electron chi connectivity index (χ4n) is 2.45. The number of nitrogens with zero attached hydrogens (tertiary/aromatic N) is 2. The van der Waals surface area contributed by atoms with Crippen LogP contribution in [0, 0.1) is 18.3 Å². The fourth-order valence-corrected chi connectivity index (χ4v) is 2.45. The Morgan fingerprint density at radius 3 is 2.77 bits per heavy atom. The standard InChI is InChI=1S/C17H16N4.ClH/c1-12-15(14-5-2-4-13(10-14)11-18)6-3-7-16(12)21-17-19-8-9-20-17;/h2-7,10H,8-9H2,1H3,(H2,19,20,21);1H. The Balaban J connectivity index is 0.00000176. The Kier molecular flexibility index (Phi) is 5.03. The zero-order valence-corrected chi connectivity index (χ0v) is 13.1. The Bertz CT molecular complexity index is 747. The topological polar surface area (TPSA) is 60.2 Å². The number of guanidine groups is 1. The van der Waals surface area contributed by atoms with Crippen LogP contribution in [0.3, 0.4) is 0 Å². The van der Waals surface area contributed by atoms with Gasteiger partial charge in [0.25, 0.3) is 0 Å². The molecule has 0 spiro atoms. The van der Waals surface area contributed by atoms with Gasteiger partial charge in [-0.15, -0.1) is 12.4 Å². The molecule has 2 aromatic carbocycles. The summed E-state index contributed by atoms with van der Waals surface area (Å²) < 4.78 is 0. The molecule has 0 aliphatic carbocycles. The number of aliphatic imine (C=N–C) groups is 1. The molecule has 0 saturated carbocycles. The lowest BCUT2D eigenvalue weighted by molar-refractivity contribution is 0.959. The van der Waals surface area contributed by atoms with E-state index in [0.29, 0.717) is 5.56 Å². The van der Waals surface area contributed by atoms with Gasteiger partial charge in [-0.3, -0.25) is 4.99 Å². The fraction of sp³-hybridized carbons (Fsp3) is 0.176. The number of nitriles is 1. The van der Waals surface area contributed by atoms with Gasteiger partial charge in [0.1, 0.15) is 0 Å². The number of hydrogen-bond acceptors (Lipinski definition) is 4. The van der Waals surface area contributed by atoms with Crippen molar-refractivity contribution in [2.75, 3.05) is 18.4 Å². The molecule has 3 rings (SSSR count). The molecular formula is C17H17ClN4. The van der Waals surface area contributed by atoms with Gasteiger partial charge < -0.3 is 10.6 Å². The number of rotatable bonds is 2. The zero-order valence-electron chi connectivity index (χ0n) is 12.3. The maximum absolute atomic E-state index is 9.04. The molecule has 22 heavy (non-hydrogen) atoms. The molecule has 0 unspecified atom stereocenters. The van der Waals surface area contributed by atoms with Gasteiger partial charge in [0.15, 0.2) is 5.96 Å². The Morgan fingerprint density at radius 1 is 1.23 bits per heavy atom. The molecule has 0 amide bonds. The zero-order chi connectivity index (χ0) is 14.7. The molecule has 0 bridgehead atoms. The minimum absolute atomic E-state index is 0. The van der Waals surface area contributed by atoms with Crippen molar-refractivity contribution in [3.8, 4) is 17.2 Å². The maximum Gasteiger partial charge on any atom is 0.195 e. The van der Waals surface area contributed by atoms with Crippen molar-refractivity contribution < 1.29 is 0 Å². The normalized spacial score (nSPS) is 12.6. The van der Waals surface area contributed by atoms with Crippen LogP contribution >= 0.6 is 12.4 Å². The molecule has 1 heterocycles. The number of anilines is 1. The van der Waals surface area contributed by atoms with E-state index in [1.807, 2.05) is 36.4 Å². The summed E-state index contributed by atoms with van der Waals surface area (Å²) in [4.78, 5) is 4.35. The third kappa shape index (κ3) is 3.21. The number of nitrogens with one attached hydrogen (secondary N) is 2. The van der Waals surface area contributed by atoms with Crippen molar-refractivity contribution in [2.45, 2.75) is 6.92 Å². The molecule has 2 aromatic rings. The van der Waals surface area contributed by atoms with Crippen LogP contribution in [0.15, 0.2) is 47.5 Å². The number of halogens is 1. The highest BCUT2D eigenvalue weighted by atomic mass is 35.5. The quantitative estimate of drug-likeness (QED) is 0.894. The van der Waals surface area contributed by atoms with Gasteiger partial charge in [0, 0.05) is 12.2 Å². The van der Waals surface area contributed by atoms with Gasteiger partial charge in [0.05, 0.1) is 18.2 Å². The lowest BCUT2D eigenvalue weighted by atomic mass is 9.98. The van der Waals surface area contributed by atoms with E-state index in [9.17, 15) is 0 Å². The van der Waals surface area contributed by atoms with Crippen molar-refractivity contribution in [2.24, 2.45) is 4.99 Å². The summed E-state index contributed by atoms with van der Waals surface area (Å²) in [6, 6.07) is 16.0. The molecule has 1 aliphatic heterocycles. The van der Waals surface area contributed by atoms with Crippen LogP contribution in [0.1, 0.15) is 11.1 Å². The van der Waals surface area contributed by atoms with E-state index < -0.39 is 0 Å². The van der Waals surface area contributed by atoms with Crippen molar-refractivity contribution in [1.82, 2.24) is 5.32 Å². The molecule has 0 radical (unpaired) electrons. The number of benzene rings is 2. The van der Waals surface area contributed by atoms with E-state index in [-0.39, 0.29) is 12.4 Å². The van der Waals surface area contributed by atoms with E-state index in [1.165, 1.54) is 0 Å². The lowest BCUT2D eigenvalue weighted by Crippen LogP contribution is -2.26. The minimum Gasteiger partial charge on any atom is -0.354 e. The van der Waals surface area contributed by atoms with Crippen LogP contribution in [0.25, 0.3) is 11.1 Å². The highest BCUT2D eigenvalue weighted by Gasteiger charge is 2.10. The third-order valence-corrected chi connectivity index (χ3v) is 3.56. The Hall–Kier alpha value is -2.51. The first kappa shape index (κ1) is 15.9. The summed E-state index contributed by atoms with van der Waals surface area (Å²) >= 11 is 0. The monoisotopic (exact) mass is 312 g/mol. The van der Waals surface area contributed by atoms with Crippen LogP contribution in [0.5, 0.6) is 0 Å². The average Bonchev–Trinajstić information content (AvgIpc) is 3.02. The van der Waals surface area contributed by atoms with Crippen LogP contribution in [-0.4, -0.2) is 19.0 Å². The average molecular weight is 313 g/mol. The molecule has 0 atom stereocenters. The summed E-state index contributed by atoms with van der Waals surface area (Å²) in [5.74, 6) is 0.820. The van der Waals surface area contributed by atoms with Crippen LogP contribution in [-0.2, 0) is 0 Å². The number of hydrogen-bond donors (Lipinski definition) is 2. The van der Waals surface area contributed by atoms with E-state index in [2.05, 4.69) is 34.7 Å². The predicted octanol–water partition coefficient (Wildman–Crippen LogP) is 3.33. The van der Waals surface area contributed by atoms with Gasteiger partial charge >= 0.3 is 0 Å². The molecule has 2 N–H and O–H groups in total. The first-order valence-corrected chi connectivity index (χ1v) is 6.93. The predicted molar refractivity (Wildman–Crippen MR) is 92.5 cm³/mol.